The van der Waals surface area contributed by atoms with Gasteiger partial charge in [-0.15, -0.1) is 11.8 Å². The van der Waals surface area contributed by atoms with E-state index < -0.39 is 0 Å². The maximum atomic E-state index is 12.3. The van der Waals surface area contributed by atoms with Crippen LogP contribution in [0.5, 0.6) is 5.75 Å². The Labute approximate surface area is 140 Å². The number of aliphatic hydroxyl groups excluding tert-OH is 1. The monoisotopic (exact) mass is 341 g/mol. The molecule has 0 saturated carbocycles. The fourth-order valence-electron chi connectivity index (χ4n) is 2.42. The normalized spacial score (nSPS) is 18.5. The second kappa shape index (κ2) is 9.33. The molecule has 0 aromatic heterocycles. The van der Waals surface area contributed by atoms with Crippen LogP contribution in [0.2, 0.25) is 0 Å². The van der Waals surface area contributed by atoms with Gasteiger partial charge in [-0.05, 0) is 13.0 Å². The van der Waals surface area contributed by atoms with Crippen molar-refractivity contribution in [2.75, 3.05) is 37.0 Å². The molecule has 1 saturated heterocycles. The standard InChI is InChI=1S/C16H23NO3S2/c1-2-20-14-6-4-3-5-13(14)16-17(8-11-21-12-9-18)15(19)7-10-22-16/h3-6,16,18H,2,7-12H2,1H3. The van der Waals surface area contributed by atoms with E-state index in [1.54, 1.807) is 23.5 Å². The summed E-state index contributed by atoms with van der Waals surface area (Å²) in [4.78, 5) is 14.3. The van der Waals surface area contributed by atoms with Crippen LogP contribution in [-0.2, 0) is 4.79 Å². The van der Waals surface area contributed by atoms with Gasteiger partial charge in [0.15, 0.2) is 0 Å². The number of hydrogen-bond acceptors (Lipinski definition) is 5. The highest BCUT2D eigenvalue weighted by Gasteiger charge is 2.31. The maximum Gasteiger partial charge on any atom is 0.224 e. The van der Waals surface area contributed by atoms with Gasteiger partial charge in [-0.25, -0.2) is 0 Å². The van der Waals surface area contributed by atoms with Crippen molar-refractivity contribution in [2.24, 2.45) is 0 Å². The molecule has 1 N–H and O–H groups in total. The molecule has 2 rings (SSSR count). The van der Waals surface area contributed by atoms with Crippen molar-refractivity contribution in [1.82, 2.24) is 4.90 Å². The summed E-state index contributed by atoms with van der Waals surface area (Å²) in [5.74, 6) is 3.49. The third-order valence-electron chi connectivity index (χ3n) is 3.39. The molecule has 1 aliphatic heterocycles. The van der Waals surface area contributed by atoms with Gasteiger partial charge in [0, 0.05) is 35.8 Å². The summed E-state index contributed by atoms with van der Waals surface area (Å²) in [5.41, 5.74) is 1.08. The van der Waals surface area contributed by atoms with E-state index in [1.165, 1.54) is 0 Å². The number of thioether (sulfide) groups is 2. The number of carbonyl (C=O) groups is 1. The van der Waals surface area contributed by atoms with Gasteiger partial charge in [-0.1, -0.05) is 18.2 Å². The van der Waals surface area contributed by atoms with Gasteiger partial charge in [0.25, 0.3) is 0 Å². The summed E-state index contributed by atoms with van der Waals surface area (Å²) >= 11 is 3.47. The molecule has 0 radical (unpaired) electrons. The Kier molecular flexibility index (Phi) is 7.42. The molecule has 122 valence electrons. The molecular formula is C16H23NO3S2. The van der Waals surface area contributed by atoms with E-state index in [2.05, 4.69) is 6.07 Å². The van der Waals surface area contributed by atoms with E-state index in [9.17, 15) is 4.79 Å². The third kappa shape index (κ3) is 4.57. The average Bonchev–Trinajstić information content (AvgIpc) is 2.54. The molecule has 1 amide bonds. The van der Waals surface area contributed by atoms with Gasteiger partial charge < -0.3 is 14.7 Å². The van der Waals surface area contributed by atoms with E-state index in [1.807, 2.05) is 30.0 Å². The molecule has 4 nitrogen and oxygen atoms in total. The van der Waals surface area contributed by atoms with Gasteiger partial charge in [-0.3, -0.25) is 4.79 Å². The van der Waals surface area contributed by atoms with E-state index in [-0.39, 0.29) is 17.9 Å². The second-order valence-corrected chi connectivity index (χ2v) is 7.28. The molecule has 1 aromatic carbocycles. The Hall–Kier alpha value is -0.850. The van der Waals surface area contributed by atoms with Crippen LogP contribution in [-0.4, -0.2) is 52.9 Å². The molecule has 0 bridgehead atoms. The van der Waals surface area contributed by atoms with Crippen LogP contribution in [0.25, 0.3) is 0 Å². The van der Waals surface area contributed by atoms with Crippen LogP contribution >= 0.6 is 23.5 Å². The third-order valence-corrected chi connectivity index (χ3v) is 5.60. The number of benzene rings is 1. The Bertz CT molecular complexity index is 484. The van der Waals surface area contributed by atoms with E-state index in [0.717, 1.165) is 28.6 Å². The van der Waals surface area contributed by atoms with Crippen LogP contribution in [0.15, 0.2) is 24.3 Å². The number of amides is 1. The van der Waals surface area contributed by atoms with Crippen LogP contribution in [0.1, 0.15) is 24.3 Å². The molecule has 1 heterocycles. The van der Waals surface area contributed by atoms with E-state index in [4.69, 9.17) is 9.84 Å². The minimum atomic E-state index is 0.0266. The first kappa shape index (κ1) is 17.5. The lowest BCUT2D eigenvalue weighted by Gasteiger charge is -2.36. The number of nitrogens with zero attached hydrogens (tertiary/aromatic N) is 1. The molecule has 6 heteroatoms. The van der Waals surface area contributed by atoms with Gasteiger partial charge in [0.05, 0.1) is 13.2 Å². The summed E-state index contributed by atoms with van der Waals surface area (Å²) in [6, 6.07) is 7.98. The van der Waals surface area contributed by atoms with Crippen LogP contribution in [0, 0.1) is 0 Å². The molecule has 0 spiro atoms. The zero-order valence-electron chi connectivity index (χ0n) is 12.9. The molecule has 0 aliphatic carbocycles. The summed E-state index contributed by atoms with van der Waals surface area (Å²) in [7, 11) is 0. The Balaban J connectivity index is 2.13. The van der Waals surface area contributed by atoms with Crippen molar-refractivity contribution in [2.45, 2.75) is 18.7 Å². The van der Waals surface area contributed by atoms with E-state index >= 15 is 0 Å². The number of para-hydroxylation sites is 1. The molecule has 22 heavy (non-hydrogen) atoms. The number of rotatable bonds is 8. The minimum absolute atomic E-state index is 0.0266. The SMILES string of the molecule is CCOc1ccccc1C1SCCC(=O)N1CCSCCO. The van der Waals surface area contributed by atoms with Crippen molar-refractivity contribution < 1.29 is 14.6 Å². The van der Waals surface area contributed by atoms with Crippen molar-refractivity contribution in [3.63, 3.8) is 0 Å². The Morgan fingerprint density at radius 2 is 2.23 bits per heavy atom. The number of ether oxygens (including phenoxy) is 1. The Morgan fingerprint density at radius 3 is 3.00 bits per heavy atom. The quantitative estimate of drug-likeness (QED) is 0.737. The minimum Gasteiger partial charge on any atom is -0.493 e. The fraction of sp³-hybridized carbons (Fsp3) is 0.562. The summed E-state index contributed by atoms with van der Waals surface area (Å²) in [6.07, 6.45) is 0.600. The number of aliphatic hydroxyl groups is 1. The summed E-state index contributed by atoms with van der Waals surface area (Å²) in [6.45, 7) is 3.49. The number of hydrogen-bond donors (Lipinski definition) is 1. The largest absolute Gasteiger partial charge is 0.493 e. The fourth-order valence-corrected chi connectivity index (χ4v) is 4.37. The first-order chi connectivity index (χ1) is 10.8. The van der Waals surface area contributed by atoms with Crippen molar-refractivity contribution >= 4 is 29.4 Å². The van der Waals surface area contributed by atoms with Crippen molar-refractivity contribution in [3.05, 3.63) is 29.8 Å². The van der Waals surface area contributed by atoms with Crippen LogP contribution < -0.4 is 4.74 Å². The van der Waals surface area contributed by atoms with E-state index in [0.29, 0.717) is 19.6 Å². The molecule has 1 fully saturated rings. The van der Waals surface area contributed by atoms with Gasteiger partial charge in [0.2, 0.25) is 5.91 Å². The Morgan fingerprint density at radius 1 is 1.41 bits per heavy atom. The van der Waals surface area contributed by atoms with Crippen molar-refractivity contribution in [1.29, 1.82) is 0 Å². The second-order valence-electron chi connectivity index (χ2n) is 4.87. The van der Waals surface area contributed by atoms with Gasteiger partial charge in [-0.2, -0.15) is 11.8 Å². The molecular weight excluding hydrogens is 318 g/mol. The lowest BCUT2D eigenvalue weighted by molar-refractivity contribution is -0.131. The van der Waals surface area contributed by atoms with Gasteiger partial charge in [0.1, 0.15) is 11.1 Å². The highest BCUT2D eigenvalue weighted by atomic mass is 32.2. The molecule has 1 unspecified atom stereocenters. The predicted octanol–water partition coefficient (Wildman–Crippen LogP) is 2.77. The number of carbonyl (C=O) groups excluding carboxylic acids is 1. The first-order valence-corrected chi connectivity index (χ1v) is 9.79. The molecule has 1 aromatic rings. The zero-order chi connectivity index (χ0) is 15.8. The smallest absolute Gasteiger partial charge is 0.224 e. The van der Waals surface area contributed by atoms with Crippen LogP contribution in [0.4, 0.5) is 0 Å². The van der Waals surface area contributed by atoms with Crippen LogP contribution in [0.3, 0.4) is 0 Å². The van der Waals surface area contributed by atoms with Crippen molar-refractivity contribution in [3.8, 4) is 5.75 Å². The topological polar surface area (TPSA) is 49.8 Å². The lowest BCUT2D eigenvalue weighted by atomic mass is 10.1. The average molecular weight is 341 g/mol. The van der Waals surface area contributed by atoms with Gasteiger partial charge >= 0.3 is 0 Å². The highest BCUT2D eigenvalue weighted by Crippen LogP contribution is 2.41. The predicted molar refractivity (Wildman–Crippen MR) is 93.6 cm³/mol. The summed E-state index contributed by atoms with van der Waals surface area (Å²) < 4.78 is 5.73. The first-order valence-electron chi connectivity index (χ1n) is 7.59. The highest BCUT2D eigenvalue weighted by molar-refractivity contribution is 7.99. The maximum absolute atomic E-state index is 12.3. The molecule has 1 aliphatic rings. The lowest BCUT2D eigenvalue weighted by Crippen LogP contribution is -2.39. The summed E-state index contributed by atoms with van der Waals surface area (Å²) in [5, 5.41) is 8.89. The molecule has 1 atom stereocenters. The zero-order valence-corrected chi connectivity index (χ0v) is 14.5.